The monoisotopic (exact) mass is 226 g/mol. The molecule has 0 saturated heterocycles. The van der Waals surface area contributed by atoms with Crippen LogP contribution in [0.2, 0.25) is 0 Å². The summed E-state index contributed by atoms with van der Waals surface area (Å²) in [5.41, 5.74) is 0.477. The Hall–Kier alpha value is -0.645. The molecule has 0 amide bonds. The van der Waals surface area contributed by atoms with Crippen LogP contribution in [0.5, 0.6) is 5.75 Å². The highest BCUT2D eigenvalue weighted by molar-refractivity contribution is 7.99. The van der Waals surface area contributed by atoms with Gasteiger partial charge in [0, 0.05) is 5.75 Å². The highest BCUT2D eigenvalue weighted by atomic mass is 32.2. The maximum Gasteiger partial charge on any atom is 0.488 e. The molecule has 0 saturated carbocycles. The smallest absolute Gasteiger partial charge is 0.488 e. The second kappa shape index (κ2) is 6.77. The molecule has 1 aromatic carbocycles. The van der Waals surface area contributed by atoms with Gasteiger partial charge in [-0.25, -0.2) is 0 Å². The number of hydrogen-bond donors (Lipinski definition) is 2. The summed E-state index contributed by atoms with van der Waals surface area (Å²) >= 11 is 1.83. The van der Waals surface area contributed by atoms with Crippen LogP contribution in [0.15, 0.2) is 24.3 Å². The molecule has 0 fully saturated rings. The number of hydrogen-bond acceptors (Lipinski definition) is 4. The van der Waals surface area contributed by atoms with Gasteiger partial charge >= 0.3 is 7.12 Å². The van der Waals surface area contributed by atoms with Gasteiger partial charge in [-0.05, 0) is 23.3 Å². The molecule has 0 aliphatic carbocycles. The van der Waals surface area contributed by atoms with Gasteiger partial charge in [-0.1, -0.05) is 19.1 Å². The van der Waals surface area contributed by atoms with Gasteiger partial charge in [0.05, 0.1) is 6.61 Å². The molecule has 0 aliphatic heterocycles. The minimum absolute atomic E-state index is 0.477. The summed E-state index contributed by atoms with van der Waals surface area (Å²) < 4.78 is 5.46. The SMILES string of the molecule is CCSCCOc1ccc(B(O)O)cc1. The molecule has 15 heavy (non-hydrogen) atoms. The van der Waals surface area contributed by atoms with E-state index in [9.17, 15) is 0 Å². The third-order valence-corrected chi connectivity index (χ3v) is 2.74. The van der Waals surface area contributed by atoms with Gasteiger partial charge in [-0.2, -0.15) is 11.8 Å². The lowest BCUT2D eigenvalue weighted by Gasteiger charge is -2.06. The van der Waals surface area contributed by atoms with Crippen LogP contribution < -0.4 is 10.2 Å². The van der Waals surface area contributed by atoms with Crippen molar-refractivity contribution in [2.45, 2.75) is 6.92 Å². The van der Waals surface area contributed by atoms with Crippen LogP contribution in [0.25, 0.3) is 0 Å². The molecule has 0 spiro atoms. The minimum Gasteiger partial charge on any atom is -0.493 e. The molecule has 0 atom stereocenters. The van der Waals surface area contributed by atoms with Crippen molar-refractivity contribution in [1.82, 2.24) is 0 Å². The van der Waals surface area contributed by atoms with Crippen LogP contribution >= 0.6 is 11.8 Å². The average Bonchev–Trinajstić information content (AvgIpc) is 2.25. The molecular weight excluding hydrogens is 211 g/mol. The zero-order valence-electron chi connectivity index (χ0n) is 8.72. The summed E-state index contributed by atoms with van der Waals surface area (Å²) in [5.74, 6) is 2.83. The first-order valence-electron chi connectivity index (χ1n) is 4.90. The first kappa shape index (κ1) is 12.4. The third-order valence-electron chi connectivity index (χ3n) is 1.88. The van der Waals surface area contributed by atoms with E-state index < -0.39 is 7.12 Å². The van der Waals surface area contributed by atoms with Crippen LogP contribution in [0.3, 0.4) is 0 Å². The van der Waals surface area contributed by atoms with E-state index >= 15 is 0 Å². The molecular formula is C10H15BO3S. The lowest BCUT2D eigenvalue weighted by atomic mass is 9.80. The van der Waals surface area contributed by atoms with Gasteiger partial charge in [0.2, 0.25) is 0 Å². The maximum absolute atomic E-state index is 8.87. The molecule has 1 rings (SSSR count). The first-order valence-corrected chi connectivity index (χ1v) is 6.06. The fraction of sp³-hybridized carbons (Fsp3) is 0.400. The second-order valence-electron chi connectivity index (χ2n) is 2.99. The molecule has 0 heterocycles. The molecule has 0 unspecified atom stereocenters. The predicted molar refractivity (Wildman–Crippen MR) is 64.8 cm³/mol. The lowest BCUT2D eigenvalue weighted by Crippen LogP contribution is -2.29. The van der Waals surface area contributed by atoms with E-state index in [4.69, 9.17) is 14.8 Å². The molecule has 1 aromatic rings. The van der Waals surface area contributed by atoms with Gasteiger partial charge in [0.1, 0.15) is 5.75 Å². The largest absolute Gasteiger partial charge is 0.493 e. The summed E-state index contributed by atoms with van der Waals surface area (Å²) in [5, 5.41) is 17.7. The van der Waals surface area contributed by atoms with E-state index in [1.807, 2.05) is 11.8 Å². The van der Waals surface area contributed by atoms with Crippen molar-refractivity contribution in [1.29, 1.82) is 0 Å². The standard InChI is InChI=1S/C10H15BO3S/c1-2-15-8-7-14-10-5-3-9(4-6-10)11(12)13/h3-6,12-13H,2,7-8H2,1H3. The van der Waals surface area contributed by atoms with Crippen LogP contribution in [0, 0.1) is 0 Å². The zero-order chi connectivity index (χ0) is 11.1. The normalized spacial score (nSPS) is 10.1. The molecule has 0 aromatic heterocycles. The third kappa shape index (κ3) is 4.60. The molecule has 0 radical (unpaired) electrons. The van der Waals surface area contributed by atoms with Crippen LogP contribution in [0.4, 0.5) is 0 Å². The van der Waals surface area contributed by atoms with Crippen molar-refractivity contribution < 1.29 is 14.8 Å². The van der Waals surface area contributed by atoms with Gasteiger partial charge in [0.25, 0.3) is 0 Å². The van der Waals surface area contributed by atoms with Crippen molar-refractivity contribution >= 4 is 24.3 Å². The van der Waals surface area contributed by atoms with E-state index in [1.165, 1.54) is 0 Å². The minimum atomic E-state index is -1.41. The Labute approximate surface area is 94.6 Å². The summed E-state index contributed by atoms with van der Waals surface area (Å²) in [6, 6.07) is 6.77. The van der Waals surface area contributed by atoms with Crippen molar-refractivity contribution in [3.05, 3.63) is 24.3 Å². The summed E-state index contributed by atoms with van der Waals surface area (Å²) in [4.78, 5) is 0. The van der Waals surface area contributed by atoms with Crippen LogP contribution in [-0.4, -0.2) is 35.3 Å². The van der Waals surface area contributed by atoms with E-state index in [1.54, 1.807) is 24.3 Å². The summed E-state index contributed by atoms with van der Waals surface area (Å²) in [6.45, 7) is 2.79. The van der Waals surface area contributed by atoms with E-state index in [2.05, 4.69) is 6.92 Å². The van der Waals surface area contributed by atoms with Crippen LogP contribution in [0.1, 0.15) is 6.92 Å². The molecule has 0 bridgehead atoms. The van der Waals surface area contributed by atoms with E-state index in [0.29, 0.717) is 12.1 Å². The molecule has 2 N–H and O–H groups in total. The maximum atomic E-state index is 8.87. The molecule has 82 valence electrons. The predicted octanol–water partition coefficient (Wildman–Crippen LogP) is 0.498. The molecule has 3 nitrogen and oxygen atoms in total. The van der Waals surface area contributed by atoms with Crippen molar-refractivity contribution in [3.8, 4) is 5.75 Å². The Bertz CT molecular complexity index is 277. The zero-order valence-corrected chi connectivity index (χ0v) is 9.54. The fourth-order valence-electron chi connectivity index (χ4n) is 1.10. The molecule has 0 aliphatic rings. The Morgan fingerprint density at radius 1 is 1.27 bits per heavy atom. The highest BCUT2D eigenvalue weighted by Crippen LogP contribution is 2.08. The van der Waals surface area contributed by atoms with Gasteiger partial charge in [-0.3, -0.25) is 0 Å². The van der Waals surface area contributed by atoms with Crippen molar-refractivity contribution in [2.75, 3.05) is 18.1 Å². The van der Waals surface area contributed by atoms with Gasteiger partial charge < -0.3 is 14.8 Å². The summed E-state index contributed by atoms with van der Waals surface area (Å²) in [7, 11) is -1.41. The first-order chi connectivity index (χ1) is 7.24. The Balaban J connectivity index is 2.36. The van der Waals surface area contributed by atoms with Crippen molar-refractivity contribution in [3.63, 3.8) is 0 Å². The highest BCUT2D eigenvalue weighted by Gasteiger charge is 2.09. The second-order valence-corrected chi connectivity index (χ2v) is 4.38. The topological polar surface area (TPSA) is 49.7 Å². The Morgan fingerprint density at radius 3 is 2.47 bits per heavy atom. The van der Waals surface area contributed by atoms with Crippen molar-refractivity contribution in [2.24, 2.45) is 0 Å². The number of thioether (sulfide) groups is 1. The average molecular weight is 226 g/mol. The quantitative estimate of drug-likeness (QED) is 0.547. The van der Waals surface area contributed by atoms with E-state index in [-0.39, 0.29) is 0 Å². The summed E-state index contributed by atoms with van der Waals surface area (Å²) in [6.07, 6.45) is 0. The number of benzene rings is 1. The number of rotatable bonds is 6. The van der Waals surface area contributed by atoms with Crippen LogP contribution in [-0.2, 0) is 0 Å². The van der Waals surface area contributed by atoms with Gasteiger partial charge in [-0.15, -0.1) is 0 Å². The Morgan fingerprint density at radius 2 is 1.93 bits per heavy atom. The Kier molecular flexibility index (Phi) is 5.61. The van der Waals surface area contributed by atoms with E-state index in [0.717, 1.165) is 17.3 Å². The number of ether oxygens (including phenoxy) is 1. The lowest BCUT2D eigenvalue weighted by molar-refractivity contribution is 0.344. The molecule has 5 heteroatoms. The fourth-order valence-corrected chi connectivity index (χ4v) is 1.59. The van der Waals surface area contributed by atoms with Gasteiger partial charge in [0.15, 0.2) is 0 Å².